The van der Waals surface area contributed by atoms with Gasteiger partial charge in [0.1, 0.15) is 11.6 Å². The molecule has 5 nitrogen and oxygen atoms in total. The Hall–Kier alpha value is -3.60. The summed E-state index contributed by atoms with van der Waals surface area (Å²) in [6.07, 6.45) is 0.462. The van der Waals surface area contributed by atoms with Gasteiger partial charge in [0, 0.05) is 30.1 Å². The first-order chi connectivity index (χ1) is 15.2. The van der Waals surface area contributed by atoms with Crippen LogP contribution in [0.5, 0.6) is 5.75 Å². The number of rotatable bonds is 5. The Bertz CT molecular complexity index is 1260. The highest BCUT2D eigenvalue weighted by molar-refractivity contribution is 5.97. The molecule has 1 fully saturated rings. The number of imidazole rings is 1. The molecule has 1 aliphatic heterocycles. The average molecular weight is 412 g/mol. The molecule has 1 aromatic heterocycles. The van der Waals surface area contributed by atoms with Crippen LogP contribution < -0.4 is 9.64 Å². The van der Waals surface area contributed by atoms with E-state index in [1.165, 1.54) is 0 Å². The molecule has 156 valence electrons. The van der Waals surface area contributed by atoms with Crippen molar-refractivity contribution in [2.75, 3.05) is 18.6 Å². The highest BCUT2D eigenvalue weighted by Crippen LogP contribution is 2.35. The van der Waals surface area contributed by atoms with Crippen LogP contribution in [-0.4, -0.2) is 29.1 Å². The molecule has 0 aliphatic carbocycles. The fourth-order valence-corrected chi connectivity index (χ4v) is 4.56. The number of hydrogen-bond donors (Lipinski definition) is 0. The third-order valence-corrected chi connectivity index (χ3v) is 6.10. The molecule has 1 amide bonds. The fourth-order valence-electron chi connectivity index (χ4n) is 4.56. The summed E-state index contributed by atoms with van der Waals surface area (Å²) in [4.78, 5) is 19.8. The Morgan fingerprint density at radius 2 is 1.74 bits per heavy atom. The van der Waals surface area contributed by atoms with E-state index in [0.29, 0.717) is 19.5 Å². The van der Waals surface area contributed by atoms with Crippen LogP contribution in [0.4, 0.5) is 5.69 Å². The summed E-state index contributed by atoms with van der Waals surface area (Å²) >= 11 is 0. The maximum atomic E-state index is 13.0. The number of carbonyl (C=O) groups is 1. The van der Waals surface area contributed by atoms with Crippen LogP contribution in [0, 0.1) is 6.92 Å². The summed E-state index contributed by atoms with van der Waals surface area (Å²) in [6.45, 7) is 3.33. The number of amides is 1. The van der Waals surface area contributed by atoms with Crippen LogP contribution in [0.25, 0.3) is 11.0 Å². The van der Waals surface area contributed by atoms with Crippen molar-refractivity contribution in [1.82, 2.24) is 9.55 Å². The molecule has 0 spiro atoms. The van der Waals surface area contributed by atoms with Gasteiger partial charge in [-0.15, -0.1) is 0 Å². The standard InChI is InChI=1S/C26H25N3O2/c1-18-9-3-6-12-22(18)28-17-20(15-25(28)30)26-27-21-11-5-7-13-23(21)29(26)16-19-10-4-8-14-24(19)31-2/h3-14,20H,15-17H2,1-2H3. The maximum Gasteiger partial charge on any atom is 0.227 e. The van der Waals surface area contributed by atoms with Crippen molar-refractivity contribution in [3.8, 4) is 5.75 Å². The second-order valence-electron chi connectivity index (χ2n) is 8.05. The molecule has 0 bridgehead atoms. The molecule has 2 heterocycles. The lowest BCUT2D eigenvalue weighted by Crippen LogP contribution is -2.25. The van der Waals surface area contributed by atoms with Crippen molar-refractivity contribution >= 4 is 22.6 Å². The third kappa shape index (κ3) is 3.46. The number of ether oxygens (including phenoxy) is 1. The zero-order valence-electron chi connectivity index (χ0n) is 17.8. The lowest BCUT2D eigenvalue weighted by molar-refractivity contribution is -0.117. The van der Waals surface area contributed by atoms with Crippen LogP contribution in [0.3, 0.4) is 0 Å². The smallest absolute Gasteiger partial charge is 0.227 e. The van der Waals surface area contributed by atoms with Crippen molar-refractivity contribution in [3.05, 3.63) is 89.7 Å². The van der Waals surface area contributed by atoms with E-state index in [1.807, 2.05) is 72.5 Å². The van der Waals surface area contributed by atoms with Gasteiger partial charge in [-0.2, -0.15) is 0 Å². The van der Waals surface area contributed by atoms with Gasteiger partial charge < -0.3 is 14.2 Å². The summed E-state index contributed by atoms with van der Waals surface area (Å²) in [6, 6.07) is 24.3. The van der Waals surface area contributed by atoms with Gasteiger partial charge in [0.25, 0.3) is 0 Å². The number of nitrogens with zero attached hydrogens (tertiary/aromatic N) is 3. The van der Waals surface area contributed by atoms with E-state index in [2.05, 4.69) is 16.7 Å². The Kier molecular flexibility index (Phi) is 4.94. The molecule has 31 heavy (non-hydrogen) atoms. The zero-order valence-corrected chi connectivity index (χ0v) is 17.8. The van der Waals surface area contributed by atoms with E-state index < -0.39 is 0 Å². The van der Waals surface area contributed by atoms with Gasteiger partial charge in [-0.05, 0) is 36.8 Å². The van der Waals surface area contributed by atoms with Crippen LogP contribution in [0.15, 0.2) is 72.8 Å². The molecule has 0 radical (unpaired) electrons. The number of methoxy groups -OCH3 is 1. The monoisotopic (exact) mass is 411 g/mol. The number of para-hydroxylation sites is 4. The predicted molar refractivity (Wildman–Crippen MR) is 123 cm³/mol. The van der Waals surface area contributed by atoms with Gasteiger partial charge in [-0.3, -0.25) is 4.79 Å². The minimum Gasteiger partial charge on any atom is -0.496 e. The van der Waals surface area contributed by atoms with E-state index in [1.54, 1.807) is 7.11 Å². The zero-order chi connectivity index (χ0) is 21.4. The number of hydrogen-bond acceptors (Lipinski definition) is 3. The largest absolute Gasteiger partial charge is 0.496 e. The molecule has 1 aliphatic rings. The lowest BCUT2D eigenvalue weighted by Gasteiger charge is -2.19. The molecule has 1 saturated heterocycles. The lowest BCUT2D eigenvalue weighted by atomic mass is 10.1. The molecule has 4 aromatic rings. The third-order valence-electron chi connectivity index (χ3n) is 6.10. The van der Waals surface area contributed by atoms with E-state index in [-0.39, 0.29) is 11.8 Å². The minimum atomic E-state index is 0.0363. The Balaban J connectivity index is 1.55. The average Bonchev–Trinajstić information content (AvgIpc) is 3.35. The van der Waals surface area contributed by atoms with Crippen molar-refractivity contribution in [3.63, 3.8) is 0 Å². The summed E-state index contributed by atoms with van der Waals surface area (Å²) in [5.74, 6) is 2.00. The summed E-state index contributed by atoms with van der Waals surface area (Å²) in [5, 5.41) is 0. The Morgan fingerprint density at radius 1 is 1.00 bits per heavy atom. The summed E-state index contributed by atoms with van der Waals surface area (Å²) in [5.41, 5.74) is 5.22. The SMILES string of the molecule is COc1ccccc1Cn1c(C2CC(=O)N(c3ccccc3C)C2)nc2ccccc21. The van der Waals surface area contributed by atoms with E-state index in [0.717, 1.165) is 39.4 Å². The number of carbonyl (C=O) groups excluding carboxylic acids is 1. The maximum absolute atomic E-state index is 13.0. The van der Waals surface area contributed by atoms with E-state index in [9.17, 15) is 4.79 Å². The van der Waals surface area contributed by atoms with Crippen LogP contribution in [-0.2, 0) is 11.3 Å². The Morgan fingerprint density at radius 3 is 2.58 bits per heavy atom. The van der Waals surface area contributed by atoms with Gasteiger partial charge in [-0.1, -0.05) is 48.5 Å². The fraction of sp³-hybridized carbons (Fsp3) is 0.231. The number of benzene rings is 3. The van der Waals surface area contributed by atoms with E-state index in [4.69, 9.17) is 9.72 Å². The number of aromatic nitrogens is 2. The molecule has 5 rings (SSSR count). The van der Waals surface area contributed by atoms with Gasteiger partial charge in [0.15, 0.2) is 0 Å². The van der Waals surface area contributed by atoms with Crippen molar-refractivity contribution in [2.45, 2.75) is 25.8 Å². The molecule has 1 unspecified atom stereocenters. The van der Waals surface area contributed by atoms with Crippen molar-refractivity contribution in [2.24, 2.45) is 0 Å². The highest BCUT2D eigenvalue weighted by Gasteiger charge is 2.35. The minimum absolute atomic E-state index is 0.0363. The predicted octanol–water partition coefficient (Wildman–Crippen LogP) is 4.92. The summed E-state index contributed by atoms with van der Waals surface area (Å²) < 4.78 is 7.82. The molecule has 0 N–H and O–H groups in total. The first-order valence-electron chi connectivity index (χ1n) is 10.6. The molecular weight excluding hydrogens is 386 g/mol. The van der Waals surface area contributed by atoms with Crippen molar-refractivity contribution < 1.29 is 9.53 Å². The van der Waals surface area contributed by atoms with Gasteiger partial charge in [0.2, 0.25) is 5.91 Å². The number of aryl methyl sites for hydroxylation is 1. The van der Waals surface area contributed by atoms with E-state index >= 15 is 0 Å². The molecule has 1 atom stereocenters. The van der Waals surface area contributed by atoms with Crippen LogP contribution in [0.1, 0.15) is 29.3 Å². The molecule has 0 saturated carbocycles. The quantitative estimate of drug-likeness (QED) is 0.468. The summed E-state index contributed by atoms with van der Waals surface area (Å²) in [7, 11) is 1.70. The number of anilines is 1. The first kappa shape index (κ1) is 19.4. The normalized spacial score (nSPS) is 16.3. The molecule has 3 aromatic carbocycles. The molecule has 5 heteroatoms. The van der Waals surface area contributed by atoms with Gasteiger partial charge >= 0.3 is 0 Å². The van der Waals surface area contributed by atoms with Crippen LogP contribution in [0.2, 0.25) is 0 Å². The van der Waals surface area contributed by atoms with Gasteiger partial charge in [-0.25, -0.2) is 4.98 Å². The Labute approximate surface area is 181 Å². The molecular formula is C26H25N3O2. The van der Waals surface area contributed by atoms with Crippen molar-refractivity contribution in [1.29, 1.82) is 0 Å². The first-order valence-corrected chi connectivity index (χ1v) is 10.6. The van der Waals surface area contributed by atoms with Gasteiger partial charge in [0.05, 0.1) is 24.7 Å². The second-order valence-corrected chi connectivity index (χ2v) is 8.05. The topological polar surface area (TPSA) is 47.4 Å². The number of fused-ring (bicyclic) bond motifs is 1. The highest BCUT2D eigenvalue weighted by atomic mass is 16.5. The van der Waals surface area contributed by atoms with Crippen LogP contribution >= 0.6 is 0 Å². The second kappa shape index (κ2) is 7.91.